The second kappa shape index (κ2) is 8.14. The Morgan fingerprint density at radius 1 is 1.39 bits per heavy atom. The van der Waals surface area contributed by atoms with Crippen molar-refractivity contribution in [3.05, 3.63) is 22.7 Å². The van der Waals surface area contributed by atoms with Gasteiger partial charge in [0.15, 0.2) is 6.23 Å². The Balaban J connectivity index is 0.00000161. The van der Waals surface area contributed by atoms with Gasteiger partial charge < -0.3 is 40.5 Å². The minimum Gasteiger partial charge on any atom is -0.756 e. The van der Waals surface area contributed by atoms with Crippen molar-refractivity contribution in [1.82, 2.24) is 9.55 Å². The molecule has 1 unspecified atom stereocenters. The van der Waals surface area contributed by atoms with E-state index in [1.165, 1.54) is 12.3 Å². The molecule has 0 spiro atoms. The fourth-order valence-corrected chi connectivity index (χ4v) is 3.39. The van der Waals surface area contributed by atoms with Crippen LogP contribution in [0.5, 0.6) is 0 Å². The number of aliphatic hydroxyl groups is 1. The summed E-state index contributed by atoms with van der Waals surface area (Å²) in [6.07, 6.45) is -2.73. The SMILES string of the molecule is Nc1ccn([C@@H]2O[C@H](CO)[C@H]3OP(=O)([O-])O[C@H]32)c(=O)n1.O.O.[Na+]. The summed E-state index contributed by atoms with van der Waals surface area (Å²) in [7, 11) is -4.46. The molecule has 14 heteroatoms. The van der Waals surface area contributed by atoms with Gasteiger partial charge in [-0.25, -0.2) is 4.79 Å². The zero-order chi connectivity index (χ0) is 14.5. The van der Waals surface area contributed by atoms with Crippen LogP contribution in [0.2, 0.25) is 0 Å². The normalized spacial score (nSPS) is 34.7. The van der Waals surface area contributed by atoms with Crippen LogP contribution in [0.4, 0.5) is 5.82 Å². The van der Waals surface area contributed by atoms with Gasteiger partial charge in [0.05, 0.1) is 6.61 Å². The summed E-state index contributed by atoms with van der Waals surface area (Å²) in [4.78, 5) is 26.6. The van der Waals surface area contributed by atoms with E-state index in [1.54, 1.807) is 0 Å². The quantitative estimate of drug-likeness (QED) is 0.377. The van der Waals surface area contributed by atoms with Crippen LogP contribution in [0.3, 0.4) is 0 Å². The van der Waals surface area contributed by atoms with Gasteiger partial charge in [-0.15, -0.1) is 0 Å². The molecule has 7 N–H and O–H groups in total. The summed E-state index contributed by atoms with van der Waals surface area (Å²) in [6, 6.07) is 1.36. The van der Waals surface area contributed by atoms with Gasteiger partial charge in [0.2, 0.25) is 0 Å². The van der Waals surface area contributed by atoms with Crippen LogP contribution in [0.15, 0.2) is 17.1 Å². The maximum absolute atomic E-state index is 11.8. The van der Waals surface area contributed by atoms with Gasteiger partial charge in [0.1, 0.15) is 24.1 Å². The zero-order valence-corrected chi connectivity index (χ0v) is 14.9. The maximum Gasteiger partial charge on any atom is 1.00 e. The number of phosphoric acid groups is 1. The van der Waals surface area contributed by atoms with Crippen LogP contribution in [0.1, 0.15) is 6.23 Å². The molecule has 3 heterocycles. The van der Waals surface area contributed by atoms with Crippen LogP contribution >= 0.6 is 7.82 Å². The Kier molecular flexibility index (Phi) is 8.01. The molecule has 12 nitrogen and oxygen atoms in total. The van der Waals surface area contributed by atoms with Crippen LogP contribution < -0.4 is 45.9 Å². The number of fused-ring (bicyclic) bond motifs is 1. The van der Waals surface area contributed by atoms with Crippen molar-refractivity contribution in [2.75, 3.05) is 12.3 Å². The Labute approximate surface area is 151 Å². The van der Waals surface area contributed by atoms with Gasteiger partial charge in [-0.2, -0.15) is 4.98 Å². The van der Waals surface area contributed by atoms with Crippen molar-refractivity contribution in [3.63, 3.8) is 0 Å². The molecule has 1 aromatic heterocycles. The van der Waals surface area contributed by atoms with E-state index in [-0.39, 0.29) is 46.3 Å². The summed E-state index contributed by atoms with van der Waals surface area (Å²) in [6.45, 7) is -0.474. The Morgan fingerprint density at radius 3 is 2.57 bits per heavy atom. The van der Waals surface area contributed by atoms with Crippen LogP contribution in [0.25, 0.3) is 0 Å². The summed E-state index contributed by atoms with van der Waals surface area (Å²) in [5.41, 5.74) is 4.65. The van der Waals surface area contributed by atoms with Crippen molar-refractivity contribution in [2.45, 2.75) is 24.5 Å². The Morgan fingerprint density at radius 2 is 2.00 bits per heavy atom. The predicted octanol–water partition coefficient (Wildman–Crippen LogP) is -6.68. The van der Waals surface area contributed by atoms with E-state index in [9.17, 15) is 19.4 Å². The minimum atomic E-state index is -4.46. The molecule has 0 saturated carbocycles. The second-order valence-corrected chi connectivity index (χ2v) is 5.69. The molecular formula is C9H15N3NaO9P. The predicted molar refractivity (Wildman–Crippen MR) is 68.5 cm³/mol. The molecule has 1 aromatic rings. The van der Waals surface area contributed by atoms with Crippen molar-refractivity contribution in [2.24, 2.45) is 0 Å². The monoisotopic (exact) mass is 363 g/mol. The van der Waals surface area contributed by atoms with Gasteiger partial charge in [-0.05, 0) is 6.07 Å². The van der Waals surface area contributed by atoms with Crippen LogP contribution in [-0.4, -0.2) is 50.5 Å². The second-order valence-electron chi connectivity index (χ2n) is 4.38. The fraction of sp³-hybridized carbons (Fsp3) is 0.556. The number of hydrogen-bond donors (Lipinski definition) is 2. The fourth-order valence-electron chi connectivity index (χ4n) is 2.26. The van der Waals surface area contributed by atoms with Gasteiger partial charge in [0.25, 0.3) is 7.82 Å². The number of nitrogens with two attached hydrogens (primary N) is 1. The average Bonchev–Trinajstić information content (AvgIpc) is 2.83. The molecule has 3 rings (SSSR count). The number of nitrogen functional groups attached to an aromatic ring is 1. The zero-order valence-electron chi connectivity index (χ0n) is 12.0. The number of aromatic nitrogens is 2. The largest absolute Gasteiger partial charge is 1.00 e. The number of anilines is 1. The number of phosphoric ester groups is 1. The van der Waals surface area contributed by atoms with Gasteiger partial charge in [-0.3, -0.25) is 9.13 Å². The first kappa shape index (κ1) is 22.6. The van der Waals surface area contributed by atoms with Crippen molar-refractivity contribution in [1.29, 1.82) is 0 Å². The molecule has 0 aromatic carbocycles. The number of aliphatic hydroxyl groups excluding tert-OH is 1. The van der Waals surface area contributed by atoms with Crippen molar-refractivity contribution in [3.8, 4) is 0 Å². The van der Waals surface area contributed by atoms with E-state index in [0.717, 1.165) is 4.57 Å². The molecular weight excluding hydrogens is 348 g/mol. The van der Waals surface area contributed by atoms with E-state index < -0.39 is 44.7 Å². The van der Waals surface area contributed by atoms with E-state index in [4.69, 9.17) is 19.5 Å². The molecule has 2 fully saturated rings. The van der Waals surface area contributed by atoms with Crippen LogP contribution in [0, 0.1) is 0 Å². The van der Waals surface area contributed by atoms with Gasteiger partial charge in [-0.1, -0.05) is 0 Å². The van der Waals surface area contributed by atoms with E-state index in [1.807, 2.05) is 0 Å². The average molecular weight is 363 g/mol. The Bertz CT molecular complexity index is 643. The first-order chi connectivity index (χ1) is 9.41. The van der Waals surface area contributed by atoms with Gasteiger partial charge in [0, 0.05) is 6.20 Å². The first-order valence-corrected chi connectivity index (χ1v) is 7.16. The Hall–Kier alpha value is -0.370. The van der Waals surface area contributed by atoms with E-state index >= 15 is 0 Å². The summed E-state index contributed by atoms with van der Waals surface area (Å²) >= 11 is 0. The molecule has 2 aliphatic rings. The first-order valence-electron chi connectivity index (χ1n) is 5.70. The smallest absolute Gasteiger partial charge is 0.756 e. The van der Waals surface area contributed by atoms with Crippen LogP contribution in [-0.2, 0) is 18.3 Å². The molecule has 0 bridgehead atoms. The summed E-state index contributed by atoms with van der Waals surface area (Å²) < 4.78 is 27.3. The van der Waals surface area contributed by atoms with Crippen molar-refractivity contribution >= 4 is 13.6 Å². The number of rotatable bonds is 2. The van der Waals surface area contributed by atoms with Gasteiger partial charge >= 0.3 is 35.2 Å². The molecule has 126 valence electrons. The topological polar surface area (TPSA) is 212 Å². The molecule has 23 heavy (non-hydrogen) atoms. The molecule has 5 atom stereocenters. The molecule has 2 aliphatic heterocycles. The third-order valence-corrected chi connectivity index (χ3v) is 4.10. The van der Waals surface area contributed by atoms with Crippen molar-refractivity contribution < 1.29 is 68.9 Å². The number of ether oxygens (including phenoxy) is 1. The van der Waals surface area contributed by atoms with E-state index in [2.05, 4.69) is 4.98 Å². The third-order valence-electron chi connectivity index (χ3n) is 3.09. The summed E-state index contributed by atoms with van der Waals surface area (Å²) in [5.74, 6) is 0.0255. The molecule has 0 radical (unpaired) electrons. The number of nitrogens with zero attached hydrogens (tertiary/aromatic N) is 2. The maximum atomic E-state index is 11.8. The minimum absolute atomic E-state index is 0. The third kappa shape index (κ3) is 4.18. The molecule has 0 amide bonds. The summed E-state index contributed by atoms with van der Waals surface area (Å²) in [5, 5.41) is 9.19. The number of hydrogen-bond acceptors (Lipinski definition) is 9. The standard InChI is InChI=1S/C9H12N3O7P.Na.2H2O/c10-5-1-2-12(9(14)11-5)8-7-6(4(3-13)17-8)18-20(15,16)19-7;;;/h1-2,4,6-8,13H,3H2,(H,15,16)(H2,10,11,14);;2*1H2/q;+1;;/p-1/t4-,6-,7-,8-;;;/m1.../s1. The van der Waals surface area contributed by atoms with E-state index in [0.29, 0.717) is 0 Å². The molecule has 2 saturated heterocycles. The molecule has 0 aliphatic carbocycles.